The Morgan fingerprint density at radius 3 is 2.37 bits per heavy atom. The van der Waals surface area contributed by atoms with Gasteiger partial charge in [-0.25, -0.2) is 8.42 Å². The summed E-state index contributed by atoms with van der Waals surface area (Å²) >= 11 is 0. The van der Waals surface area contributed by atoms with Gasteiger partial charge in [-0.05, 0) is 35.7 Å². The Morgan fingerprint density at radius 1 is 1.03 bits per heavy atom. The van der Waals surface area contributed by atoms with Crippen molar-refractivity contribution in [2.24, 2.45) is 0 Å². The van der Waals surface area contributed by atoms with Crippen molar-refractivity contribution >= 4 is 26.9 Å². The van der Waals surface area contributed by atoms with Gasteiger partial charge in [-0.1, -0.05) is 43.3 Å². The Labute approximate surface area is 176 Å². The molecule has 1 amide bonds. The zero-order valence-electron chi connectivity index (χ0n) is 17.1. The standard InChI is InChI=1S/C22H25N3O4S/c1-16(2)17-7-9-18(10-8-17)30(27,28)25-13-11-24(12-14-25)22(26)15-20-19-5-3-4-6-21(19)29-23-20/h3-10,16H,11-15H2,1-2H3. The van der Waals surface area contributed by atoms with Crippen LogP contribution in [0.1, 0.15) is 31.0 Å². The maximum atomic E-state index is 12.9. The van der Waals surface area contributed by atoms with Crippen LogP contribution in [0.15, 0.2) is 57.9 Å². The molecule has 0 saturated carbocycles. The molecule has 2 aromatic carbocycles. The third kappa shape index (κ3) is 3.97. The Morgan fingerprint density at radius 2 is 1.70 bits per heavy atom. The van der Waals surface area contributed by atoms with Gasteiger partial charge in [0.05, 0.1) is 11.3 Å². The number of sulfonamides is 1. The van der Waals surface area contributed by atoms with Crippen LogP contribution in [-0.4, -0.2) is 54.9 Å². The van der Waals surface area contributed by atoms with Gasteiger partial charge in [-0.2, -0.15) is 4.31 Å². The van der Waals surface area contributed by atoms with Gasteiger partial charge in [0, 0.05) is 31.6 Å². The molecule has 0 radical (unpaired) electrons. The highest BCUT2D eigenvalue weighted by atomic mass is 32.2. The number of piperazine rings is 1. The van der Waals surface area contributed by atoms with Crippen molar-refractivity contribution in [2.75, 3.05) is 26.2 Å². The molecule has 30 heavy (non-hydrogen) atoms. The van der Waals surface area contributed by atoms with Gasteiger partial charge in [0.15, 0.2) is 5.58 Å². The van der Waals surface area contributed by atoms with E-state index >= 15 is 0 Å². The largest absolute Gasteiger partial charge is 0.356 e. The monoisotopic (exact) mass is 427 g/mol. The molecule has 2 heterocycles. The number of carbonyl (C=O) groups excluding carboxylic acids is 1. The molecular weight excluding hydrogens is 402 g/mol. The topological polar surface area (TPSA) is 83.7 Å². The lowest BCUT2D eigenvalue weighted by atomic mass is 10.0. The van der Waals surface area contributed by atoms with Crippen LogP contribution in [0.5, 0.6) is 0 Å². The van der Waals surface area contributed by atoms with Gasteiger partial charge in [0.25, 0.3) is 0 Å². The fraction of sp³-hybridized carbons (Fsp3) is 0.364. The predicted molar refractivity (Wildman–Crippen MR) is 114 cm³/mol. The van der Waals surface area contributed by atoms with Crippen LogP contribution >= 0.6 is 0 Å². The Balaban J connectivity index is 1.39. The second-order valence-corrected chi connectivity index (χ2v) is 9.75. The van der Waals surface area contributed by atoms with E-state index in [1.807, 2.05) is 36.4 Å². The van der Waals surface area contributed by atoms with Gasteiger partial charge in [-0.15, -0.1) is 0 Å². The third-order valence-corrected chi connectivity index (χ3v) is 7.46. The van der Waals surface area contributed by atoms with Crippen molar-refractivity contribution < 1.29 is 17.7 Å². The number of hydrogen-bond acceptors (Lipinski definition) is 5. The number of rotatable bonds is 5. The fourth-order valence-electron chi connectivity index (χ4n) is 3.67. The number of benzene rings is 2. The van der Waals surface area contributed by atoms with Crippen LogP contribution < -0.4 is 0 Å². The summed E-state index contributed by atoms with van der Waals surface area (Å²) in [6.45, 7) is 5.41. The van der Waals surface area contributed by atoms with Crippen LogP contribution in [0.25, 0.3) is 11.0 Å². The van der Waals surface area contributed by atoms with Gasteiger partial charge in [-0.3, -0.25) is 4.79 Å². The maximum absolute atomic E-state index is 12.9. The van der Waals surface area contributed by atoms with Gasteiger partial charge in [0.2, 0.25) is 15.9 Å². The Hall–Kier alpha value is -2.71. The zero-order valence-corrected chi connectivity index (χ0v) is 17.9. The van der Waals surface area contributed by atoms with Crippen LogP contribution in [0, 0.1) is 0 Å². The first-order chi connectivity index (χ1) is 14.4. The molecule has 1 saturated heterocycles. The highest BCUT2D eigenvalue weighted by Crippen LogP contribution is 2.22. The van der Waals surface area contributed by atoms with Crippen LogP contribution in [0.4, 0.5) is 0 Å². The van der Waals surface area contributed by atoms with Crippen molar-refractivity contribution in [3.05, 3.63) is 59.8 Å². The van der Waals surface area contributed by atoms with Gasteiger partial charge < -0.3 is 9.42 Å². The Bertz CT molecular complexity index is 1140. The maximum Gasteiger partial charge on any atom is 0.243 e. The minimum absolute atomic E-state index is 0.0765. The van der Waals surface area contributed by atoms with Crippen molar-refractivity contribution in [2.45, 2.75) is 31.1 Å². The molecule has 0 spiro atoms. The molecule has 158 valence electrons. The quantitative estimate of drug-likeness (QED) is 0.625. The number of carbonyl (C=O) groups is 1. The molecule has 0 aliphatic carbocycles. The summed E-state index contributed by atoms with van der Waals surface area (Å²) in [5, 5.41) is 4.85. The zero-order chi connectivity index (χ0) is 21.3. The van der Waals surface area contributed by atoms with Crippen LogP contribution in [0.3, 0.4) is 0 Å². The SMILES string of the molecule is CC(C)c1ccc(S(=O)(=O)N2CCN(C(=O)Cc3noc4ccccc34)CC2)cc1. The molecule has 1 aliphatic rings. The summed E-state index contributed by atoms with van der Waals surface area (Å²) in [4.78, 5) is 14.7. The van der Waals surface area contributed by atoms with E-state index in [4.69, 9.17) is 4.52 Å². The number of hydrogen-bond donors (Lipinski definition) is 0. The lowest BCUT2D eigenvalue weighted by Gasteiger charge is -2.34. The molecule has 7 nitrogen and oxygen atoms in total. The lowest BCUT2D eigenvalue weighted by Crippen LogP contribution is -2.50. The average molecular weight is 428 g/mol. The Kier molecular flexibility index (Phi) is 5.62. The molecule has 1 fully saturated rings. The minimum Gasteiger partial charge on any atom is -0.356 e. The van der Waals surface area contributed by atoms with E-state index in [1.54, 1.807) is 17.0 Å². The van der Waals surface area contributed by atoms with Crippen molar-refractivity contribution in [1.29, 1.82) is 0 Å². The van der Waals surface area contributed by atoms with E-state index in [9.17, 15) is 13.2 Å². The highest BCUT2D eigenvalue weighted by Gasteiger charge is 2.30. The first-order valence-electron chi connectivity index (χ1n) is 10.1. The van der Waals surface area contributed by atoms with E-state index in [2.05, 4.69) is 19.0 Å². The van der Waals surface area contributed by atoms with E-state index < -0.39 is 10.0 Å². The summed E-state index contributed by atoms with van der Waals surface area (Å²) < 4.78 is 32.6. The predicted octanol–water partition coefficient (Wildman–Crippen LogP) is 3.03. The van der Waals surface area contributed by atoms with E-state index in [1.165, 1.54) is 4.31 Å². The molecule has 0 N–H and O–H groups in total. The summed E-state index contributed by atoms with van der Waals surface area (Å²) in [5.41, 5.74) is 2.36. The first-order valence-corrected chi connectivity index (χ1v) is 11.5. The first kappa shape index (κ1) is 20.6. The smallest absolute Gasteiger partial charge is 0.243 e. The molecule has 8 heteroatoms. The molecule has 4 rings (SSSR count). The number of para-hydroxylation sites is 1. The highest BCUT2D eigenvalue weighted by molar-refractivity contribution is 7.89. The van der Waals surface area contributed by atoms with E-state index in [0.717, 1.165) is 10.9 Å². The summed E-state index contributed by atoms with van der Waals surface area (Å²) in [6.07, 6.45) is 0.139. The van der Waals surface area contributed by atoms with E-state index in [-0.39, 0.29) is 25.4 Å². The second-order valence-electron chi connectivity index (χ2n) is 7.81. The second kappa shape index (κ2) is 8.20. The molecule has 1 aliphatic heterocycles. The summed E-state index contributed by atoms with van der Waals surface area (Å²) in [6, 6.07) is 14.5. The summed E-state index contributed by atoms with van der Waals surface area (Å²) in [5.74, 6) is 0.269. The third-order valence-electron chi connectivity index (χ3n) is 5.55. The molecular formula is C22H25N3O4S. The van der Waals surface area contributed by atoms with Crippen molar-refractivity contribution in [3.63, 3.8) is 0 Å². The molecule has 3 aromatic rings. The molecule has 0 unspecified atom stereocenters. The molecule has 0 bridgehead atoms. The van der Waals surface area contributed by atoms with Crippen LogP contribution in [-0.2, 0) is 21.2 Å². The number of amides is 1. The number of nitrogens with zero attached hydrogens (tertiary/aromatic N) is 3. The normalized spacial score (nSPS) is 15.8. The fourth-order valence-corrected chi connectivity index (χ4v) is 5.09. The van der Waals surface area contributed by atoms with Gasteiger partial charge >= 0.3 is 0 Å². The summed E-state index contributed by atoms with van der Waals surface area (Å²) in [7, 11) is -3.56. The average Bonchev–Trinajstić information content (AvgIpc) is 3.16. The van der Waals surface area contributed by atoms with Crippen molar-refractivity contribution in [1.82, 2.24) is 14.4 Å². The minimum atomic E-state index is -3.56. The van der Waals surface area contributed by atoms with Crippen LogP contribution in [0.2, 0.25) is 0 Å². The number of aromatic nitrogens is 1. The molecule has 0 atom stereocenters. The molecule has 1 aromatic heterocycles. The van der Waals surface area contributed by atoms with Gasteiger partial charge in [0.1, 0.15) is 5.69 Å². The lowest BCUT2D eigenvalue weighted by molar-refractivity contribution is -0.131. The van der Waals surface area contributed by atoms with E-state index in [0.29, 0.717) is 35.2 Å². The number of fused-ring (bicyclic) bond motifs is 1. The van der Waals surface area contributed by atoms with Crippen molar-refractivity contribution in [3.8, 4) is 0 Å².